The Bertz CT molecular complexity index is 414. The van der Waals surface area contributed by atoms with Gasteiger partial charge >= 0.3 is 6.09 Å². The Labute approximate surface area is 118 Å². The average Bonchev–Trinajstić information content (AvgIpc) is 2.40. The number of carboxylic acid groups (broad SMARTS) is 1. The van der Waals surface area contributed by atoms with Crippen molar-refractivity contribution in [1.29, 1.82) is 0 Å². The number of nitrogens with zero attached hydrogens (tertiary/aromatic N) is 1. The third-order valence-corrected chi connectivity index (χ3v) is 3.82. The van der Waals surface area contributed by atoms with Gasteiger partial charge in [0, 0.05) is 18.1 Å². The predicted molar refractivity (Wildman–Crippen MR) is 75.5 cm³/mol. The van der Waals surface area contributed by atoms with Gasteiger partial charge in [-0.05, 0) is 49.5 Å². The summed E-state index contributed by atoms with van der Waals surface area (Å²) in [6, 6.07) is 7.95. The summed E-state index contributed by atoms with van der Waals surface area (Å²) in [4.78, 5) is 12.8. The van der Waals surface area contributed by atoms with E-state index in [1.807, 2.05) is 12.1 Å². The number of carbonyl (C=O) groups is 1. The second-order valence-electron chi connectivity index (χ2n) is 5.03. The fourth-order valence-electron chi connectivity index (χ4n) is 2.43. The molecule has 0 saturated carbocycles. The molecule has 0 bridgehead atoms. The van der Waals surface area contributed by atoms with Gasteiger partial charge < -0.3 is 10.4 Å². The van der Waals surface area contributed by atoms with E-state index < -0.39 is 6.09 Å². The average molecular weight is 283 g/mol. The highest BCUT2D eigenvalue weighted by molar-refractivity contribution is 6.30. The van der Waals surface area contributed by atoms with Gasteiger partial charge in [-0.2, -0.15) is 0 Å². The summed E-state index contributed by atoms with van der Waals surface area (Å²) in [7, 11) is 0. The maximum absolute atomic E-state index is 10.4. The first kappa shape index (κ1) is 14.2. The zero-order chi connectivity index (χ0) is 13.7. The summed E-state index contributed by atoms with van der Waals surface area (Å²) in [6.07, 6.45) is 1.17. The van der Waals surface area contributed by atoms with Gasteiger partial charge in [-0.15, -0.1) is 0 Å². The zero-order valence-electron chi connectivity index (χ0n) is 10.8. The van der Waals surface area contributed by atoms with Crippen molar-refractivity contribution >= 4 is 17.7 Å². The Morgan fingerprint density at radius 1 is 1.32 bits per heavy atom. The number of piperidine rings is 1. The minimum absolute atomic E-state index is 0.470. The van der Waals surface area contributed by atoms with E-state index in [-0.39, 0.29) is 0 Å². The van der Waals surface area contributed by atoms with E-state index in [1.165, 1.54) is 5.56 Å². The molecule has 1 aromatic carbocycles. The van der Waals surface area contributed by atoms with E-state index in [9.17, 15) is 4.79 Å². The van der Waals surface area contributed by atoms with Crippen molar-refractivity contribution in [2.24, 2.45) is 5.92 Å². The Kier molecular flexibility index (Phi) is 5.05. The summed E-state index contributed by atoms with van der Waals surface area (Å²) in [5, 5.41) is 11.8. The van der Waals surface area contributed by atoms with Gasteiger partial charge in [0.2, 0.25) is 0 Å². The standard InChI is InChI=1S/C14H19ClN2O2/c15-13-3-1-12(2-4-13)10-17-7-5-11(6-8-17)9-16-14(18)19/h1-4,11,16H,5-10H2,(H,18,19). The van der Waals surface area contributed by atoms with Crippen molar-refractivity contribution < 1.29 is 9.90 Å². The fourth-order valence-corrected chi connectivity index (χ4v) is 2.55. The van der Waals surface area contributed by atoms with E-state index in [1.54, 1.807) is 0 Å². The molecule has 4 nitrogen and oxygen atoms in total. The molecule has 19 heavy (non-hydrogen) atoms. The van der Waals surface area contributed by atoms with Crippen LogP contribution < -0.4 is 5.32 Å². The number of rotatable bonds is 4. The first-order valence-corrected chi connectivity index (χ1v) is 6.95. The number of hydrogen-bond donors (Lipinski definition) is 2. The van der Waals surface area contributed by atoms with E-state index in [4.69, 9.17) is 16.7 Å². The predicted octanol–water partition coefficient (Wildman–Crippen LogP) is 2.82. The molecule has 1 saturated heterocycles. The van der Waals surface area contributed by atoms with Gasteiger partial charge in [-0.3, -0.25) is 4.90 Å². The molecular formula is C14H19ClN2O2. The molecule has 1 aliphatic heterocycles. The van der Waals surface area contributed by atoms with Crippen molar-refractivity contribution in [3.8, 4) is 0 Å². The highest BCUT2D eigenvalue weighted by Crippen LogP contribution is 2.19. The number of halogens is 1. The molecule has 0 aromatic heterocycles. The first-order chi connectivity index (χ1) is 9.13. The molecule has 1 aliphatic rings. The summed E-state index contributed by atoms with van der Waals surface area (Å²) >= 11 is 5.87. The number of amides is 1. The Hall–Kier alpha value is -1.26. The lowest BCUT2D eigenvalue weighted by atomic mass is 9.96. The topological polar surface area (TPSA) is 52.6 Å². The minimum atomic E-state index is -0.927. The largest absolute Gasteiger partial charge is 0.465 e. The third kappa shape index (κ3) is 4.73. The number of benzene rings is 1. The van der Waals surface area contributed by atoms with Crippen LogP contribution in [0.2, 0.25) is 5.02 Å². The molecule has 1 amide bonds. The molecule has 0 aliphatic carbocycles. The Morgan fingerprint density at radius 2 is 1.95 bits per heavy atom. The van der Waals surface area contributed by atoms with Crippen LogP contribution in [0.5, 0.6) is 0 Å². The highest BCUT2D eigenvalue weighted by Gasteiger charge is 2.19. The third-order valence-electron chi connectivity index (χ3n) is 3.57. The SMILES string of the molecule is O=C(O)NCC1CCN(Cc2ccc(Cl)cc2)CC1. The van der Waals surface area contributed by atoms with E-state index in [0.717, 1.165) is 37.5 Å². The van der Waals surface area contributed by atoms with Crippen molar-refractivity contribution in [3.63, 3.8) is 0 Å². The molecule has 2 rings (SSSR count). The van der Waals surface area contributed by atoms with Gasteiger partial charge in [-0.25, -0.2) is 4.79 Å². The molecule has 0 atom stereocenters. The second kappa shape index (κ2) is 6.78. The summed E-state index contributed by atoms with van der Waals surface area (Å²) in [5.74, 6) is 0.470. The first-order valence-electron chi connectivity index (χ1n) is 6.57. The van der Waals surface area contributed by atoms with Crippen molar-refractivity contribution in [2.75, 3.05) is 19.6 Å². The lowest BCUT2D eigenvalue weighted by Gasteiger charge is -2.31. The van der Waals surface area contributed by atoms with Gasteiger partial charge in [0.05, 0.1) is 0 Å². The van der Waals surface area contributed by atoms with Crippen LogP contribution in [0.15, 0.2) is 24.3 Å². The van der Waals surface area contributed by atoms with Gasteiger partial charge in [0.15, 0.2) is 0 Å². The van der Waals surface area contributed by atoms with Crippen LogP contribution >= 0.6 is 11.6 Å². The maximum Gasteiger partial charge on any atom is 0.404 e. The van der Waals surface area contributed by atoms with E-state index >= 15 is 0 Å². The maximum atomic E-state index is 10.4. The van der Waals surface area contributed by atoms with Crippen molar-refractivity contribution in [2.45, 2.75) is 19.4 Å². The van der Waals surface area contributed by atoms with Gasteiger partial charge in [0.25, 0.3) is 0 Å². The fraction of sp³-hybridized carbons (Fsp3) is 0.500. The quantitative estimate of drug-likeness (QED) is 0.893. The summed E-state index contributed by atoms with van der Waals surface area (Å²) < 4.78 is 0. The van der Waals surface area contributed by atoms with Crippen LogP contribution in [0.3, 0.4) is 0 Å². The molecule has 5 heteroatoms. The van der Waals surface area contributed by atoms with Gasteiger partial charge in [0.1, 0.15) is 0 Å². The van der Waals surface area contributed by atoms with Crippen LogP contribution in [0.25, 0.3) is 0 Å². The number of nitrogens with one attached hydrogen (secondary N) is 1. The van der Waals surface area contributed by atoms with Crippen LogP contribution in [0.1, 0.15) is 18.4 Å². The van der Waals surface area contributed by atoms with E-state index in [0.29, 0.717) is 12.5 Å². The highest BCUT2D eigenvalue weighted by atomic mass is 35.5. The van der Waals surface area contributed by atoms with Gasteiger partial charge in [-0.1, -0.05) is 23.7 Å². The smallest absolute Gasteiger partial charge is 0.404 e. The normalized spacial score (nSPS) is 17.3. The number of hydrogen-bond acceptors (Lipinski definition) is 2. The zero-order valence-corrected chi connectivity index (χ0v) is 11.6. The molecule has 0 unspecified atom stereocenters. The lowest BCUT2D eigenvalue weighted by molar-refractivity contribution is 0.166. The van der Waals surface area contributed by atoms with Crippen molar-refractivity contribution in [3.05, 3.63) is 34.9 Å². The molecule has 2 N–H and O–H groups in total. The second-order valence-corrected chi connectivity index (χ2v) is 5.47. The molecular weight excluding hydrogens is 264 g/mol. The van der Waals surface area contributed by atoms with E-state index in [2.05, 4.69) is 22.3 Å². The summed E-state index contributed by atoms with van der Waals surface area (Å²) in [5.41, 5.74) is 1.27. The lowest BCUT2D eigenvalue weighted by Crippen LogP contribution is -2.37. The van der Waals surface area contributed by atoms with Crippen LogP contribution in [0, 0.1) is 5.92 Å². The molecule has 0 radical (unpaired) electrons. The molecule has 1 fully saturated rings. The van der Waals surface area contributed by atoms with Crippen LogP contribution in [-0.2, 0) is 6.54 Å². The number of likely N-dealkylation sites (tertiary alicyclic amines) is 1. The Morgan fingerprint density at radius 3 is 2.53 bits per heavy atom. The molecule has 1 heterocycles. The molecule has 1 aromatic rings. The Balaban J connectivity index is 1.74. The van der Waals surface area contributed by atoms with Crippen LogP contribution in [-0.4, -0.2) is 35.7 Å². The summed E-state index contributed by atoms with van der Waals surface area (Å²) in [6.45, 7) is 3.56. The van der Waals surface area contributed by atoms with Crippen LogP contribution in [0.4, 0.5) is 4.79 Å². The van der Waals surface area contributed by atoms with Crippen molar-refractivity contribution in [1.82, 2.24) is 10.2 Å². The molecule has 0 spiro atoms. The monoisotopic (exact) mass is 282 g/mol. The minimum Gasteiger partial charge on any atom is -0.465 e. The molecule has 104 valence electrons.